The van der Waals surface area contributed by atoms with E-state index in [-0.39, 0.29) is 11.2 Å². The zero-order valence-corrected chi connectivity index (χ0v) is 15.0. The molecule has 6 nitrogen and oxygen atoms in total. The average molecular weight is 333 g/mol. The van der Waals surface area contributed by atoms with Crippen molar-refractivity contribution in [1.82, 2.24) is 14.9 Å². The lowest BCUT2D eigenvalue weighted by Gasteiger charge is -2.15. The van der Waals surface area contributed by atoms with Gasteiger partial charge in [-0.25, -0.2) is 4.68 Å². The molecule has 0 saturated heterocycles. The van der Waals surface area contributed by atoms with Crippen LogP contribution in [0.2, 0.25) is 0 Å². The van der Waals surface area contributed by atoms with Crippen molar-refractivity contribution in [1.29, 1.82) is 0 Å². The normalized spacial score (nSPS) is 12.2. The van der Waals surface area contributed by atoms with E-state index in [0.717, 1.165) is 16.8 Å². The molecule has 0 saturated carbocycles. The first-order valence-electron chi connectivity index (χ1n) is 7.58. The fourth-order valence-electron chi connectivity index (χ4n) is 2.44. The fourth-order valence-corrected chi connectivity index (χ4v) is 3.23. The van der Waals surface area contributed by atoms with E-state index in [0.29, 0.717) is 17.4 Å². The lowest BCUT2D eigenvalue weighted by Crippen LogP contribution is -2.24. The Morgan fingerprint density at radius 2 is 1.91 bits per heavy atom. The van der Waals surface area contributed by atoms with Crippen molar-refractivity contribution in [3.8, 4) is 0 Å². The number of aromatic nitrogens is 3. The number of carbonyl (C=O) groups is 1. The number of thioether (sulfide) groups is 1. The number of anilines is 1. The number of hydrogen-bond donors (Lipinski definition) is 2. The molecule has 0 radical (unpaired) electrons. The second-order valence-corrected chi connectivity index (χ2v) is 6.95. The summed E-state index contributed by atoms with van der Waals surface area (Å²) in [6.45, 7) is 9.83. The van der Waals surface area contributed by atoms with Gasteiger partial charge >= 0.3 is 0 Å². The van der Waals surface area contributed by atoms with Gasteiger partial charge in [0.05, 0.1) is 5.25 Å². The zero-order chi connectivity index (χ0) is 17.1. The minimum absolute atomic E-state index is 0.0777. The van der Waals surface area contributed by atoms with Crippen molar-refractivity contribution in [2.75, 3.05) is 11.2 Å². The van der Waals surface area contributed by atoms with Crippen LogP contribution in [0.25, 0.3) is 0 Å². The highest BCUT2D eigenvalue weighted by Crippen LogP contribution is 2.25. The monoisotopic (exact) mass is 333 g/mol. The number of nitrogens with one attached hydrogen (secondary N) is 1. The van der Waals surface area contributed by atoms with Gasteiger partial charge in [0.15, 0.2) is 5.82 Å². The van der Waals surface area contributed by atoms with E-state index in [1.165, 1.54) is 22.0 Å². The highest BCUT2D eigenvalue weighted by Gasteiger charge is 2.20. The number of hydrogen-bond acceptors (Lipinski definition) is 5. The number of nitrogens with zero attached hydrogens (tertiary/aromatic N) is 3. The Bertz CT molecular complexity index is 702. The Morgan fingerprint density at radius 3 is 2.43 bits per heavy atom. The first-order chi connectivity index (χ1) is 10.8. The number of rotatable bonds is 5. The Balaban J connectivity index is 2.10. The third-order valence-electron chi connectivity index (χ3n) is 3.63. The third-order valence-corrected chi connectivity index (χ3v) is 4.68. The summed E-state index contributed by atoms with van der Waals surface area (Å²) in [4.78, 5) is 12.5. The van der Waals surface area contributed by atoms with E-state index in [1.54, 1.807) is 0 Å². The van der Waals surface area contributed by atoms with Crippen molar-refractivity contribution in [3.05, 3.63) is 34.6 Å². The van der Waals surface area contributed by atoms with Crippen LogP contribution in [0.5, 0.6) is 0 Å². The molecule has 124 valence electrons. The molecular weight excluding hydrogens is 310 g/mol. The number of nitrogen functional groups attached to an aromatic ring is 1. The highest BCUT2D eigenvalue weighted by atomic mass is 32.2. The predicted octanol–water partition coefficient (Wildman–Crippen LogP) is 2.60. The van der Waals surface area contributed by atoms with Crippen LogP contribution in [0.1, 0.15) is 36.4 Å². The van der Waals surface area contributed by atoms with Crippen LogP contribution in [0.3, 0.4) is 0 Å². The van der Waals surface area contributed by atoms with Crippen molar-refractivity contribution >= 4 is 23.4 Å². The summed E-state index contributed by atoms with van der Waals surface area (Å²) in [7, 11) is 0. The summed E-state index contributed by atoms with van der Waals surface area (Å²) in [6, 6.07) is 4.12. The smallest absolute Gasteiger partial charge is 0.237 e. The lowest BCUT2D eigenvalue weighted by molar-refractivity contribution is -0.115. The molecule has 0 aliphatic heterocycles. The summed E-state index contributed by atoms with van der Waals surface area (Å²) in [5, 5.41) is 11.3. The molecule has 23 heavy (non-hydrogen) atoms. The van der Waals surface area contributed by atoms with Gasteiger partial charge in [0, 0.05) is 12.1 Å². The first-order valence-corrected chi connectivity index (χ1v) is 8.46. The van der Waals surface area contributed by atoms with Crippen molar-refractivity contribution in [2.45, 2.75) is 51.4 Å². The van der Waals surface area contributed by atoms with Gasteiger partial charge < -0.3 is 11.2 Å². The van der Waals surface area contributed by atoms with Crippen LogP contribution >= 0.6 is 11.8 Å². The van der Waals surface area contributed by atoms with Crippen molar-refractivity contribution in [3.63, 3.8) is 0 Å². The molecule has 7 heteroatoms. The van der Waals surface area contributed by atoms with Crippen molar-refractivity contribution < 1.29 is 4.79 Å². The van der Waals surface area contributed by atoms with Gasteiger partial charge in [-0.15, -0.1) is 10.2 Å². The summed E-state index contributed by atoms with van der Waals surface area (Å²) >= 11 is 1.30. The number of carbonyl (C=O) groups excluding carboxylic acids is 1. The largest absolute Gasteiger partial charge is 0.336 e. The summed E-state index contributed by atoms with van der Waals surface area (Å²) in [5.41, 5.74) is 4.17. The van der Waals surface area contributed by atoms with Gasteiger partial charge in [0.2, 0.25) is 11.1 Å². The van der Waals surface area contributed by atoms with Crippen LogP contribution < -0.4 is 11.2 Å². The van der Waals surface area contributed by atoms with Crippen LogP contribution in [0, 0.1) is 20.8 Å². The van der Waals surface area contributed by atoms with Crippen molar-refractivity contribution in [2.24, 2.45) is 0 Å². The zero-order valence-electron chi connectivity index (χ0n) is 14.2. The second kappa shape index (κ2) is 7.04. The Hall–Kier alpha value is -2.02. The molecule has 0 unspecified atom stereocenters. The molecule has 1 atom stereocenters. The fraction of sp³-hybridized carbons (Fsp3) is 0.438. The molecule has 0 bridgehead atoms. The van der Waals surface area contributed by atoms with Gasteiger partial charge in [0.1, 0.15) is 0 Å². The van der Waals surface area contributed by atoms with Gasteiger partial charge in [-0.1, -0.05) is 36.4 Å². The molecule has 0 fully saturated rings. The molecule has 0 spiro atoms. The predicted molar refractivity (Wildman–Crippen MR) is 94.2 cm³/mol. The van der Waals surface area contributed by atoms with E-state index >= 15 is 0 Å². The maximum atomic E-state index is 12.5. The minimum Gasteiger partial charge on any atom is -0.336 e. The maximum absolute atomic E-state index is 12.5. The number of amides is 1. The van der Waals surface area contributed by atoms with Crippen LogP contribution in [-0.2, 0) is 11.2 Å². The average Bonchev–Trinajstić information content (AvgIpc) is 2.83. The van der Waals surface area contributed by atoms with E-state index in [4.69, 9.17) is 5.84 Å². The molecule has 1 aromatic carbocycles. The quantitative estimate of drug-likeness (QED) is 0.649. The van der Waals surface area contributed by atoms with Crippen LogP contribution in [0.15, 0.2) is 17.3 Å². The van der Waals surface area contributed by atoms with Crippen LogP contribution in [-0.4, -0.2) is 26.0 Å². The van der Waals surface area contributed by atoms with Gasteiger partial charge in [-0.3, -0.25) is 4.79 Å². The summed E-state index contributed by atoms with van der Waals surface area (Å²) < 4.78 is 1.44. The highest BCUT2D eigenvalue weighted by molar-refractivity contribution is 8.00. The Morgan fingerprint density at radius 1 is 1.30 bits per heavy atom. The molecule has 0 aliphatic carbocycles. The van der Waals surface area contributed by atoms with Gasteiger partial charge in [-0.2, -0.15) is 0 Å². The lowest BCUT2D eigenvalue weighted by atomic mass is 10.1. The molecule has 3 N–H and O–H groups in total. The topological polar surface area (TPSA) is 85.8 Å². The molecular formula is C16H23N5OS. The van der Waals surface area contributed by atoms with Gasteiger partial charge in [0.25, 0.3) is 0 Å². The molecule has 0 aliphatic rings. The van der Waals surface area contributed by atoms with E-state index in [1.807, 2.05) is 34.6 Å². The minimum atomic E-state index is -0.327. The molecule has 1 amide bonds. The molecule has 1 heterocycles. The summed E-state index contributed by atoms with van der Waals surface area (Å²) in [5.74, 6) is 6.54. The number of aryl methyl sites for hydroxylation is 4. The van der Waals surface area contributed by atoms with E-state index < -0.39 is 0 Å². The standard InChI is InChI=1S/C16H23N5OS/c1-6-13-19-20-16(21(13)17)23-12(5)15(22)18-14-10(3)7-9(2)8-11(14)4/h7-8,12H,6,17H2,1-5H3,(H,18,22)/t12-/m1/s1. The van der Waals surface area contributed by atoms with Gasteiger partial charge in [-0.05, 0) is 38.8 Å². The second-order valence-electron chi connectivity index (χ2n) is 5.65. The Labute approximate surface area is 140 Å². The van der Waals surface area contributed by atoms with E-state index in [2.05, 4.69) is 27.6 Å². The summed E-state index contributed by atoms with van der Waals surface area (Å²) in [6.07, 6.45) is 0.701. The number of benzene rings is 1. The molecule has 1 aromatic heterocycles. The Kier molecular flexibility index (Phi) is 5.30. The number of nitrogens with two attached hydrogens (primary N) is 1. The van der Waals surface area contributed by atoms with E-state index in [9.17, 15) is 4.79 Å². The molecule has 2 rings (SSSR count). The molecule has 2 aromatic rings. The SMILES string of the molecule is CCc1nnc(S[C@H](C)C(=O)Nc2c(C)cc(C)cc2C)n1N. The third kappa shape index (κ3) is 3.85. The van der Waals surface area contributed by atoms with Crippen LogP contribution in [0.4, 0.5) is 5.69 Å². The maximum Gasteiger partial charge on any atom is 0.237 e. The first kappa shape index (κ1) is 17.3.